The van der Waals surface area contributed by atoms with Gasteiger partial charge in [0.1, 0.15) is 0 Å². The van der Waals surface area contributed by atoms with Crippen LogP contribution in [-0.2, 0) is 11.3 Å². The van der Waals surface area contributed by atoms with Crippen LogP contribution in [0, 0.1) is 11.8 Å². The Kier molecular flexibility index (Phi) is 6.43. The Labute approximate surface area is 162 Å². The summed E-state index contributed by atoms with van der Waals surface area (Å²) < 4.78 is 6.40. The number of halogens is 1. The fraction of sp³-hybridized carbons (Fsp3) is 0.526. The third kappa shape index (κ3) is 5.14. The molecule has 1 aromatic carbocycles. The van der Waals surface area contributed by atoms with Crippen LogP contribution in [0.5, 0.6) is 0 Å². The van der Waals surface area contributed by atoms with E-state index in [4.69, 9.17) is 4.52 Å². The number of hydrogen-bond donors (Lipinski definition) is 1. The van der Waals surface area contributed by atoms with E-state index in [1.807, 2.05) is 24.3 Å². The van der Waals surface area contributed by atoms with Crippen molar-refractivity contribution >= 4 is 21.8 Å². The maximum atomic E-state index is 12.3. The molecule has 1 fully saturated rings. The van der Waals surface area contributed by atoms with E-state index in [1.54, 1.807) is 0 Å². The first-order valence-electron chi connectivity index (χ1n) is 9.10. The smallest absolute Gasteiger partial charge is 0.241 e. The highest BCUT2D eigenvalue weighted by Gasteiger charge is 2.26. The van der Waals surface area contributed by atoms with Gasteiger partial charge in [-0.1, -0.05) is 47.1 Å². The van der Waals surface area contributed by atoms with Crippen LogP contribution in [0.15, 0.2) is 33.3 Å². The van der Waals surface area contributed by atoms with Crippen molar-refractivity contribution < 1.29 is 9.32 Å². The molecule has 1 unspecified atom stereocenters. The van der Waals surface area contributed by atoms with Crippen LogP contribution in [0.25, 0.3) is 11.4 Å². The maximum Gasteiger partial charge on any atom is 0.241 e. The lowest BCUT2D eigenvalue weighted by Gasteiger charge is -2.31. The number of carbonyl (C=O) groups is 1. The zero-order valence-electron chi connectivity index (χ0n) is 15.2. The lowest BCUT2D eigenvalue weighted by Crippen LogP contribution is -2.43. The van der Waals surface area contributed by atoms with Gasteiger partial charge < -0.3 is 9.84 Å². The van der Waals surface area contributed by atoms with E-state index in [9.17, 15) is 4.79 Å². The summed E-state index contributed by atoms with van der Waals surface area (Å²) in [7, 11) is 0. The molecule has 1 aliphatic rings. The van der Waals surface area contributed by atoms with Gasteiger partial charge in [-0.05, 0) is 37.4 Å². The van der Waals surface area contributed by atoms with Gasteiger partial charge in [0.15, 0.2) is 0 Å². The quantitative estimate of drug-likeness (QED) is 0.774. The third-order valence-electron chi connectivity index (χ3n) is 4.47. The van der Waals surface area contributed by atoms with Crippen molar-refractivity contribution in [3.05, 3.63) is 34.6 Å². The second kappa shape index (κ2) is 8.77. The molecule has 1 saturated heterocycles. The second-order valence-electron chi connectivity index (χ2n) is 7.24. The first kappa shape index (κ1) is 19.0. The van der Waals surface area contributed by atoms with E-state index in [1.165, 1.54) is 0 Å². The Morgan fingerprint density at radius 2 is 2.31 bits per heavy atom. The van der Waals surface area contributed by atoms with Gasteiger partial charge in [0.05, 0.1) is 12.5 Å². The summed E-state index contributed by atoms with van der Waals surface area (Å²) in [5, 5.41) is 7.13. The van der Waals surface area contributed by atoms with E-state index >= 15 is 0 Å². The molecule has 26 heavy (non-hydrogen) atoms. The number of nitrogens with zero attached hydrogens (tertiary/aromatic N) is 3. The molecule has 0 aliphatic carbocycles. The van der Waals surface area contributed by atoms with Crippen LogP contribution in [0.2, 0.25) is 0 Å². The summed E-state index contributed by atoms with van der Waals surface area (Å²) in [5.74, 6) is 1.83. The van der Waals surface area contributed by atoms with Crippen molar-refractivity contribution in [2.45, 2.75) is 33.2 Å². The summed E-state index contributed by atoms with van der Waals surface area (Å²) in [6.07, 6.45) is 1.94. The van der Waals surface area contributed by atoms with Crippen molar-refractivity contribution in [3.63, 3.8) is 0 Å². The highest BCUT2D eigenvalue weighted by molar-refractivity contribution is 9.10. The summed E-state index contributed by atoms with van der Waals surface area (Å²) >= 11 is 3.46. The molecule has 140 valence electrons. The highest BCUT2D eigenvalue weighted by atomic mass is 79.9. The second-order valence-corrected chi connectivity index (χ2v) is 8.15. The van der Waals surface area contributed by atoms with Gasteiger partial charge >= 0.3 is 0 Å². The maximum absolute atomic E-state index is 12.3. The lowest BCUT2D eigenvalue weighted by atomic mass is 9.97. The van der Waals surface area contributed by atoms with Crippen molar-refractivity contribution in [3.8, 4) is 11.4 Å². The van der Waals surface area contributed by atoms with Gasteiger partial charge in [0, 0.05) is 23.1 Å². The van der Waals surface area contributed by atoms with Crippen LogP contribution in [0.3, 0.4) is 0 Å². The average Bonchev–Trinajstić information content (AvgIpc) is 3.08. The van der Waals surface area contributed by atoms with Gasteiger partial charge in [-0.3, -0.25) is 9.69 Å². The van der Waals surface area contributed by atoms with E-state index in [2.05, 4.69) is 50.1 Å². The number of likely N-dealkylation sites (tertiary alicyclic amines) is 1. The van der Waals surface area contributed by atoms with Gasteiger partial charge in [-0.15, -0.1) is 0 Å². The molecule has 0 radical (unpaired) electrons. The zero-order valence-corrected chi connectivity index (χ0v) is 16.8. The molecule has 1 N–H and O–H groups in total. The third-order valence-corrected chi connectivity index (χ3v) is 4.96. The topological polar surface area (TPSA) is 71.3 Å². The predicted octanol–water partition coefficient (Wildman–Crippen LogP) is 3.48. The number of rotatable bonds is 6. The number of benzene rings is 1. The van der Waals surface area contributed by atoms with Crippen LogP contribution in [0.4, 0.5) is 0 Å². The zero-order chi connectivity index (χ0) is 18.5. The summed E-state index contributed by atoms with van der Waals surface area (Å²) in [6.45, 7) is 7.20. The molecular formula is C19H25BrN4O2. The van der Waals surface area contributed by atoms with Crippen molar-refractivity contribution in [1.29, 1.82) is 0 Å². The Balaban J connectivity index is 1.58. The number of carbonyl (C=O) groups excluding carboxylic acids is 1. The minimum absolute atomic E-state index is 0.0370. The molecule has 3 rings (SSSR count). The van der Waals surface area contributed by atoms with Crippen molar-refractivity contribution in [2.75, 3.05) is 19.6 Å². The molecule has 2 aromatic rings. The SMILES string of the molecule is CC(C)CNC(=O)C1CCCN(Cc2nc(-c3cccc(Br)c3)no2)C1. The Bertz CT molecular complexity index is 747. The molecule has 0 spiro atoms. The Morgan fingerprint density at radius 1 is 1.46 bits per heavy atom. The summed E-state index contributed by atoms with van der Waals surface area (Å²) in [5.41, 5.74) is 0.916. The Morgan fingerprint density at radius 3 is 3.08 bits per heavy atom. The Hall–Kier alpha value is -1.73. The predicted molar refractivity (Wildman–Crippen MR) is 103 cm³/mol. The first-order valence-corrected chi connectivity index (χ1v) is 9.89. The first-order chi connectivity index (χ1) is 12.5. The molecule has 1 aliphatic heterocycles. The normalized spacial score (nSPS) is 18.2. The fourth-order valence-electron chi connectivity index (χ4n) is 3.12. The number of piperidine rings is 1. The average molecular weight is 421 g/mol. The van der Waals surface area contributed by atoms with E-state index in [0.29, 0.717) is 24.2 Å². The summed E-state index contributed by atoms with van der Waals surface area (Å²) in [6, 6.07) is 7.82. The highest BCUT2D eigenvalue weighted by Crippen LogP contribution is 2.22. The van der Waals surface area contributed by atoms with Gasteiger partial charge in [-0.2, -0.15) is 4.98 Å². The molecule has 1 amide bonds. The fourth-order valence-corrected chi connectivity index (χ4v) is 3.52. The standard InChI is InChI=1S/C19H25BrN4O2/c1-13(2)10-21-19(25)15-6-4-8-24(11-15)12-17-22-18(23-26-17)14-5-3-7-16(20)9-14/h3,5,7,9,13,15H,4,6,8,10-12H2,1-2H3,(H,21,25). The minimum Gasteiger partial charge on any atom is -0.356 e. The van der Waals surface area contributed by atoms with Gasteiger partial charge in [0.25, 0.3) is 0 Å². The molecule has 1 aromatic heterocycles. The van der Waals surface area contributed by atoms with E-state index in [0.717, 1.165) is 42.5 Å². The lowest BCUT2D eigenvalue weighted by molar-refractivity contribution is -0.127. The monoisotopic (exact) mass is 420 g/mol. The number of amides is 1. The van der Waals surface area contributed by atoms with Crippen molar-refractivity contribution in [1.82, 2.24) is 20.4 Å². The van der Waals surface area contributed by atoms with E-state index in [-0.39, 0.29) is 11.8 Å². The molecule has 0 bridgehead atoms. The summed E-state index contributed by atoms with van der Waals surface area (Å²) in [4.78, 5) is 19.1. The van der Waals surface area contributed by atoms with Crippen LogP contribution >= 0.6 is 15.9 Å². The number of hydrogen-bond acceptors (Lipinski definition) is 5. The minimum atomic E-state index is 0.0370. The van der Waals surface area contributed by atoms with Crippen molar-refractivity contribution in [2.24, 2.45) is 11.8 Å². The molecule has 1 atom stereocenters. The largest absolute Gasteiger partial charge is 0.356 e. The number of nitrogens with one attached hydrogen (secondary N) is 1. The number of aromatic nitrogens is 2. The van der Waals surface area contributed by atoms with Gasteiger partial charge in [-0.25, -0.2) is 0 Å². The molecule has 7 heteroatoms. The van der Waals surface area contributed by atoms with Crippen LogP contribution in [-0.4, -0.2) is 40.6 Å². The van der Waals surface area contributed by atoms with Gasteiger partial charge in [0.2, 0.25) is 17.6 Å². The van der Waals surface area contributed by atoms with Crippen LogP contribution in [0.1, 0.15) is 32.6 Å². The molecule has 2 heterocycles. The molecule has 6 nitrogen and oxygen atoms in total. The van der Waals surface area contributed by atoms with E-state index < -0.39 is 0 Å². The molecule has 0 saturated carbocycles. The van der Waals surface area contributed by atoms with Crippen LogP contribution < -0.4 is 5.32 Å². The molecular weight excluding hydrogens is 396 g/mol.